The molecular formula is C24H31ClN6O3S. The fraction of sp³-hybridized carbons (Fsp3) is 0.458. The van der Waals surface area contributed by atoms with E-state index in [4.69, 9.17) is 15.9 Å². The molecule has 2 aliphatic rings. The van der Waals surface area contributed by atoms with Gasteiger partial charge in [-0.3, -0.25) is 15.0 Å². The van der Waals surface area contributed by atoms with Crippen LogP contribution in [0.4, 0.5) is 5.82 Å². The predicted molar refractivity (Wildman–Crippen MR) is 140 cm³/mol. The first-order valence-electron chi connectivity index (χ1n) is 11.5. The van der Waals surface area contributed by atoms with E-state index < -0.39 is 0 Å². The second-order valence-corrected chi connectivity index (χ2v) is 9.83. The highest BCUT2D eigenvalue weighted by Gasteiger charge is 2.29. The van der Waals surface area contributed by atoms with Crippen molar-refractivity contribution in [1.82, 2.24) is 15.5 Å². The second kappa shape index (κ2) is 12.2. The monoisotopic (exact) mass is 518 g/mol. The van der Waals surface area contributed by atoms with Crippen molar-refractivity contribution >= 4 is 47.7 Å². The van der Waals surface area contributed by atoms with Gasteiger partial charge in [0.15, 0.2) is 5.82 Å². The molecule has 4 rings (SSSR count). The Morgan fingerprint density at radius 2 is 1.77 bits per heavy atom. The first-order valence-corrected chi connectivity index (χ1v) is 12.7. The van der Waals surface area contributed by atoms with E-state index >= 15 is 0 Å². The quantitative estimate of drug-likeness (QED) is 0.302. The summed E-state index contributed by atoms with van der Waals surface area (Å²) in [7, 11) is 1.42. The molecule has 11 heteroatoms. The Hall–Kier alpha value is -2.85. The van der Waals surface area contributed by atoms with Gasteiger partial charge in [0, 0.05) is 41.8 Å². The molecule has 188 valence electrons. The zero-order valence-electron chi connectivity index (χ0n) is 19.7. The van der Waals surface area contributed by atoms with Crippen LogP contribution in [0.5, 0.6) is 0 Å². The van der Waals surface area contributed by atoms with E-state index in [1.54, 1.807) is 18.2 Å². The number of carbonyl (C=O) groups is 2. The topological polar surface area (TPSA) is 134 Å². The summed E-state index contributed by atoms with van der Waals surface area (Å²) in [5, 5.41) is 19.6. The largest absolute Gasteiger partial charge is 0.469 e. The third-order valence-electron chi connectivity index (χ3n) is 6.42. The van der Waals surface area contributed by atoms with E-state index in [-0.39, 0.29) is 42.1 Å². The van der Waals surface area contributed by atoms with Gasteiger partial charge in [0.25, 0.3) is 5.91 Å². The number of halogens is 1. The van der Waals surface area contributed by atoms with Crippen molar-refractivity contribution in [2.75, 3.05) is 36.6 Å². The minimum atomic E-state index is -0.175. The van der Waals surface area contributed by atoms with Gasteiger partial charge in [0.05, 0.1) is 24.3 Å². The van der Waals surface area contributed by atoms with Crippen molar-refractivity contribution in [3.05, 3.63) is 41.5 Å². The zero-order chi connectivity index (χ0) is 24.1. The number of nitrogens with one attached hydrogen (secondary N) is 2. The maximum absolute atomic E-state index is 13.4. The highest BCUT2D eigenvalue weighted by molar-refractivity contribution is 7.99. The number of esters is 1. The summed E-state index contributed by atoms with van der Waals surface area (Å²) >= 11 is 1.89. The lowest BCUT2D eigenvalue weighted by Crippen LogP contribution is -2.40. The van der Waals surface area contributed by atoms with Crippen LogP contribution in [0, 0.1) is 11.3 Å². The van der Waals surface area contributed by atoms with Gasteiger partial charge < -0.3 is 20.7 Å². The molecule has 2 heterocycles. The number of nitrogen functional groups attached to an aromatic ring is 1. The molecule has 1 aromatic heterocycles. The van der Waals surface area contributed by atoms with Crippen molar-refractivity contribution in [3.8, 4) is 11.3 Å². The van der Waals surface area contributed by atoms with E-state index in [0.717, 1.165) is 43.0 Å². The summed E-state index contributed by atoms with van der Waals surface area (Å²) in [6.45, 7) is 1.63. The van der Waals surface area contributed by atoms with Crippen molar-refractivity contribution in [2.24, 2.45) is 11.7 Å². The number of thioether (sulfide) groups is 1. The molecule has 1 saturated carbocycles. The van der Waals surface area contributed by atoms with Gasteiger partial charge in [-0.15, -0.1) is 22.6 Å². The third-order valence-corrected chi connectivity index (χ3v) is 7.36. The molecule has 0 atom stereocenters. The van der Waals surface area contributed by atoms with Gasteiger partial charge in [0.2, 0.25) is 0 Å². The van der Waals surface area contributed by atoms with Crippen LogP contribution in [-0.2, 0) is 9.53 Å². The average Bonchev–Trinajstić information content (AvgIpc) is 2.89. The second-order valence-electron chi connectivity index (χ2n) is 8.60. The minimum absolute atomic E-state index is 0. The minimum Gasteiger partial charge on any atom is -0.469 e. The molecule has 9 nitrogen and oxygen atoms in total. The lowest BCUT2D eigenvalue weighted by Gasteiger charge is -2.30. The van der Waals surface area contributed by atoms with Crippen LogP contribution in [0.2, 0.25) is 0 Å². The van der Waals surface area contributed by atoms with Crippen LogP contribution in [-0.4, -0.2) is 65.7 Å². The fourth-order valence-corrected chi connectivity index (χ4v) is 5.33. The standard InChI is InChI=1S/C24H30N6O3S.ClH/c1-33-24(32)17-6-8-18(9-7-17)27-23(31)19-14-20(15-2-4-16(5-3-15)21(25)26)28-29-22(19)30-10-12-34-13-11-30;/h2-5,14,17-18H,6-13H2,1H3,(H3,25,26)(H,27,31);1H/t17-,18-;. The number of aromatic nitrogens is 2. The van der Waals surface area contributed by atoms with Crippen LogP contribution < -0.4 is 16.0 Å². The smallest absolute Gasteiger partial charge is 0.308 e. The first-order chi connectivity index (χ1) is 16.5. The molecule has 1 aromatic carbocycles. The molecule has 1 saturated heterocycles. The number of benzene rings is 1. The van der Waals surface area contributed by atoms with Crippen molar-refractivity contribution in [3.63, 3.8) is 0 Å². The number of hydrogen-bond acceptors (Lipinski definition) is 8. The van der Waals surface area contributed by atoms with Crippen molar-refractivity contribution in [2.45, 2.75) is 31.7 Å². The predicted octanol–water partition coefficient (Wildman–Crippen LogP) is 2.86. The number of amides is 1. The van der Waals surface area contributed by atoms with Crippen molar-refractivity contribution in [1.29, 1.82) is 5.41 Å². The Balaban J connectivity index is 0.00000342. The Morgan fingerprint density at radius 3 is 2.37 bits per heavy atom. The normalized spacial score (nSPS) is 19.9. The summed E-state index contributed by atoms with van der Waals surface area (Å²) in [5.74, 6) is 2.12. The molecule has 0 unspecified atom stereocenters. The Morgan fingerprint density at radius 1 is 1.11 bits per heavy atom. The first kappa shape index (κ1) is 26.7. The SMILES string of the molecule is COC(=O)[C@H]1CC[C@H](NC(=O)c2cc(-c3ccc(C(=N)N)cc3)nnc2N2CCSCC2)CC1.Cl. The van der Waals surface area contributed by atoms with E-state index in [9.17, 15) is 9.59 Å². The van der Waals surface area contributed by atoms with Crippen molar-refractivity contribution < 1.29 is 14.3 Å². The Bertz CT molecular complexity index is 1050. The molecule has 2 fully saturated rings. The highest BCUT2D eigenvalue weighted by Crippen LogP contribution is 2.28. The number of ether oxygens (including phenoxy) is 1. The van der Waals surface area contributed by atoms with Crippen LogP contribution >= 0.6 is 24.2 Å². The maximum atomic E-state index is 13.4. The molecular weight excluding hydrogens is 488 g/mol. The highest BCUT2D eigenvalue weighted by atomic mass is 35.5. The molecule has 0 radical (unpaired) electrons. The van der Waals surface area contributed by atoms with Crippen LogP contribution in [0.1, 0.15) is 41.6 Å². The number of amidine groups is 1. The van der Waals surface area contributed by atoms with Gasteiger partial charge in [-0.2, -0.15) is 11.8 Å². The molecule has 1 aliphatic heterocycles. The molecule has 0 bridgehead atoms. The summed E-state index contributed by atoms with van der Waals surface area (Å²) in [6, 6.07) is 8.97. The number of hydrogen-bond donors (Lipinski definition) is 3. The van der Waals surface area contributed by atoms with Gasteiger partial charge in [-0.1, -0.05) is 24.3 Å². The number of nitrogens with zero attached hydrogens (tertiary/aromatic N) is 3. The van der Waals surface area contributed by atoms with Gasteiger partial charge >= 0.3 is 5.97 Å². The summed E-state index contributed by atoms with van der Waals surface area (Å²) in [6.07, 6.45) is 2.88. The van der Waals surface area contributed by atoms with E-state index in [1.807, 2.05) is 23.9 Å². The molecule has 0 spiro atoms. The van der Waals surface area contributed by atoms with E-state index in [1.165, 1.54) is 7.11 Å². The molecule has 35 heavy (non-hydrogen) atoms. The Kier molecular flexibility index (Phi) is 9.33. The van der Waals surface area contributed by atoms with E-state index in [0.29, 0.717) is 35.5 Å². The number of carbonyl (C=O) groups excluding carboxylic acids is 2. The number of nitrogens with two attached hydrogens (primary N) is 1. The van der Waals surface area contributed by atoms with E-state index in [2.05, 4.69) is 20.4 Å². The molecule has 4 N–H and O–H groups in total. The van der Waals surface area contributed by atoms with Crippen LogP contribution in [0.25, 0.3) is 11.3 Å². The number of methoxy groups -OCH3 is 1. The molecule has 2 aromatic rings. The van der Waals surface area contributed by atoms with Gasteiger partial charge in [0.1, 0.15) is 5.84 Å². The van der Waals surface area contributed by atoms with Gasteiger partial charge in [-0.05, 0) is 31.7 Å². The number of anilines is 1. The third kappa shape index (κ3) is 6.43. The van der Waals surface area contributed by atoms with Crippen LogP contribution in [0.3, 0.4) is 0 Å². The summed E-state index contributed by atoms with van der Waals surface area (Å²) < 4.78 is 4.87. The van der Waals surface area contributed by atoms with Gasteiger partial charge in [-0.25, -0.2) is 0 Å². The number of rotatable bonds is 6. The average molecular weight is 519 g/mol. The molecule has 1 aliphatic carbocycles. The maximum Gasteiger partial charge on any atom is 0.308 e. The fourth-order valence-electron chi connectivity index (χ4n) is 4.43. The Labute approximate surface area is 215 Å². The lowest BCUT2D eigenvalue weighted by molar-refractivity contribution is -0.146. The van der Waals surface area contributed by atoms with Crippen LogP contribution in [0.15, 0.2) is 30.3 Å². The summed E-state index contributed by atoms with van der Waals surface area (Å²) in [5.41, 5.74) is 8.07. The lowest BCUT2D eigenvalue weighted by atomic mass is 9.86. The zero-order valence-corrected chi connectivity index (χ0v) is 21.3. The summed E-state index contributed by atoms with van der Waals surface area (Å²) in [4.78, 5) is 27.4. The molecule has 1 amide bonds.